The Morgan fingerprint density at radius 3 is 2.69 bits per heavy atom. The van der Waals surface area contributed by atoms with E-state index in [1.54, 1.807) is 12.1 Å². The van der Waals surface area contributed by atoms with Gasteiger partial charge in [0.1, 0.15) is 11.5 Å². The average Bonchev–Trinajstić information content (AvgIpc) is 2.61. The fourth-order valence-electron chi connectivity index (χ4n) is 2.18. The van der Waals surface area contributed by atoms with Crippen LogP contribution in [0.5, 0.6) is 11.5 Å². The number of halogens is 1. The van der Waals surface area contributed by atoms with Crippen LogP contribution in [0.3, 0.4) is 0 Å². The molecule has 0 bridgehead atoms. The Bertz CT molecular complexity index is 783. The Morgan fingerprint density at radius 2 is 1.96 bits per heavy atom. The summed E-state index contributed by atoms with van der Waals surface area (Å²) >= 11 is 8.61. The Hall–Kier alpha value is -2.12. The second-order valence-electron chi connectivity index (χ2n) is 5.36. The molecule has 0 atom stereocenters. The van der Waals surface area contributed by atoms with E-state index in [-0.39, 0.29) is 11.0 Å². The van der Waals surface area contributed by atoms with Gasteiger partial charge in [0.2, 0.25) is 0 Å². The molecular formula is C19H21BrN2O3S. The Kier molecular flexibility index (Phi) is 7.87. The first-order chi connectivity index (χ1) is 12.5. The van der Waals surface area contributed by atoms with Crippen molar-refractivity contribution < 1.29 is 14.3 Å². The quantitative estimate of drug-likeness (QED) is 0.612. The first-order valence-electron chi connectivity index (χ1n) is 8.31. The molecule has 138 valence electrons. The molecule has 0 radical (unpaired) electrons. The Labute approximate surface area is 167 Å². The van der Waals surface area contributed by atoms with Crippen molar-refractivity contribution in [3.8, 4) is 11.5 Å². The minimum Gasteiger partial charge on any atom is -0.494 e. The molecule has 0 aliphatic carbocycles. The lowest BCUT2D eigenvalue weighted by atomic mass is 10.2. The van der Waals surface area contributed by atoms with Crippen LogP contribution >= 0.6 is 28.1 Å². The van der Waals surface area contributed by atoms with E-state index in [2.05, 4.69) is 26.6 Å². The summed E-state index contributed by atoms with van der Waals surface area (Å²) in [5.74, 6) is 0.910. The number of carbonyl (C=O) groups is 1. The standard InChI is InChI=1S/C19H21BrN2O3S/c1-3-10-25-15-7-5-6-14(12-15)21-19(26)22-18(23)16-11-13(20)8-9-17(16)24-4-2/h5-9,11-12H,3-4,10H2,1-2H3,(H2,21,22,23,26). The SMILES string of the molecule is CCCOc1cccc(NC(=S)NC(=O)c2cc(Br)ccc2OCC)c1. The first kappa shape index (κ1) is 20.2. The molecule has 0 saturated carbocycles. The average molecular weight is 437 g/mol. The van der Waals surface area contributed by atoms with Gasteiger partial charge in [-0.25, -0.2) is 0 Å². The number of benzene rings is 2. The van der Waals surface area contributed by atoms with E-state index in [0.29, 0.717) is 24.5 Å². The second kappa shape index (κ2) is 10.1. The van der Waals surface area contributed by atoms with Crippen LogP contribution < -0.4 is 20.1 Å². The predicted octanol–water partition coefficient (Wildman–Crippen LogP) is 4.76. The van der Waals surface area contributed by atoms with Gasteiger partial charge in [-0.05, 0) is 55.9 Å². The zero-order valence-corrected chi connectivity index (χ0v) is 17.1. The molecule has 0 spiro atoms. The van der Waals surface area contributed by atoms with Crippen molar-refractivity contribution >= 4 is 44.9 Å². The number of nitrogens with one attached hydrogen (secondary N) is 2. The molecule has 7 heteroatoms. The number of anilines is 1. The largest absolute Gasteiger partial charge is 0.494 e. The van der Waals surface area contributed by atoms with Crippen LogP contribution in [-0.4, -0.2) is 24.2 Å². The highest BCUT2D eigenvalue weighted by atomic mass is 79.9. The summed E-state index contributed by atoms with van der Waals surface area (Å²) in [5.41, 5.74) is 1.15. The molecule has 5 nitrogen and oxygen atoms in total. The number of rotatable bonds is 7. The molecule has 0 saturated heterocycles. The van der Waals surface area contributed by atoms with Gasteiger partial charge in [0.25, 0.3) is 5.91 Å². The van der Waals surface area contributed by atoms with E-state index in [4.69, 9.17) is 21.7 Å². The summed E-state index contributed by atoms with van der Waals surface area (Å²) in [6, 6.07) is 12.7. The Balaban J connectivity index is 2.04. The molecule has 2 aromatic rings. The lowest BCUT2D eigenvalue weighted by Gasteiger charge is -2.13. The van der Waals surface area contributed by atoms with Gasteiger partial charge in [-0.3, -0.25) is 10.1 Å². The lowest BCUT2D eigenvalue weighted by molar-refractivity contribution is 0.0974. The Morgan fingerprint density at radius 1 is 1.15 bits per heavy atom. The van der Waals surface area contributed by atoms with Crippen LogP contribution in [0.2, 0.25) is 0 Å². The highest BCUT2D eigenvalue weighted by Crippen LogP contribution is 2.23. The highest BCUT2D eigenvalue weighted by molar-refractivity contribution is 9.10. The highest BCUT2D eigenvalue weighted by Gasteiger charge is 2.14. The van der Waals surface area contributed by atoms with E-state index in [1.165, 1.54) is 0 Å². The van der Waals surface area contributed by atoms with Crippen molar-refractivity contribution in [1.82, 2.24) is 5.32 Å². The van der Waals surface area contributed by atoms with Crippen molar-refractivity contribution in [1.29, 1.82) is 0 Å². The van der Waals surface area contributed by atoms with Gasteiger partial charge in [0.05, 0.1) is 18.8 Å². The molecule has 1 amide bonds. The fraction of sp³-hybridized carbons (Fsp3) is 0.263. The number of thiocarbonyl (C=S) groups is 1. The summed E-state index contributed by atoms with van der Waals surface area (Å²) in [7, 11) is 0. The third-order valence-corrected chi connectivity index (χ3v) is 3.98. The van der Waals surface area contributed by atoms with Crippen molar-refractivity contribution in [3.63, 3.8) is 0 Å². The minimum absolute atomic E-state index is 0.199. The lowest BCUT2D eigenvalue weighted by Crippen LogP contribution is -2.34. The summed E-state index contributed by atoms with van der Waals surface area (Å²) in [6.07, 6.45) is 0.931. The van der Waals surface area contributed by atoms with Crippen molar-refractivity contribution in [2.24, 2.45) is 0 Å². The number of carbonyl (C=O) groups excluding carboxylic acids is 1. The summed E-state index contributed by atoms with van der Waals surface area (Å²) < 4.78 is 11.9. The number of hydrogen-bond acceptors (Lipinski definition) is 4. The third-order valence-electron chi connectivity index (χ3n) is 3.28. The van der Waals surface area contributed by atoms with E-state index < -0.39 is 0 Å². The number of hydrogen-bond donors (Lipinski definition) is 2. The van der Waals surface area contributed by atoms with Gasteiger partial charge in [0.15, 0.2) is 5.11 Å². The molecule has 0 aliphatic heterocycles. The van der Waals surface area contributed by atoms with Crippen LogP contribution in [0, 0.1) is 0 Å². The van der Waals surface area contributed by atoms with Crippen LogP contribution in [0.15, 0.2) is 46.9 Å². The van der Waals surface area contributed by atoms with E-state index in [9.17, 15) is 4.79 Å². The zero-order valence-electron chi connectivity index (χ0n) is 14.7. The maximum Gasteiger partial charge on any atom is 0.261 e. The van der Waals surface area contributed by atoms with Crippen molar-refractivity contribution in [3.05, 3.63) is 52.5 Å². The summed E-state index contributed by atoms with van der Waals surface area (Å²) in [5, 5.41) is 5.86. The maximum absolute atomic E-state index is 12.5. The molecule has 0 aliphatic rings. The first-order valence-corrected chi connectivity index (χ1v) is 9.51. The molecule has 0 heterocycles. The van der Waals surface area contributed by atoms with Gasteiger partial charge in [-0.15, -0.1) is 0 Å². The van der Waals surface area contributed by atoms with Crippen molar-refractivity contribution in [2.45, 2.75) is 20.3 Å². The van der Waals surface area contributed by atoms with Crippen molar-refractivity contribution in [2.75, 3.05) is 18.5 Å². The van der Waals surface area contributed by atoms with Gasteiger partial charge in [-0.2, -0.15) is 0 Å². The minimum atomic E-state index is -0.342. The van der Waals surface area contributed by atoms with Crippen LogP contribution in [-0.2, 0) is 0 Å². The second-order valence-corrected chi connectivity index (χ2v) is 6.68. The monoisotopic (exact) mass is 436 g/mol. The molecule has 26 heavy (non-hydrogen) atoms. The van der Waals surface area contributed by atoms with E-state index >= 15 is 0 Å². The molecular weight excluding hydrogens is 416 g/mol. The summed E-state index contributed by atoms with van der Waals surface area (Å²) in [4.78, 5) is 12.5. The van der Waals surface area contributed by atoms with Crippen LogP contribution in [0.1, 0.15) is 30.6 Å². The topological polar surface area (TPSA) is 59.6 Å². The van der Waals surface area contributed by atoms with Gasteiger partial charge < -0.3 is 14.8 Å². The molecule has 2 aromatic carbocycles. The molecule has 0 fully saturated rings. The maximum atomic E-state index is 12.5. The number of amides is 1. The zero-order chi connectivity index (χ0) is 18.9. The molecule has 2 N–H and O–H groups in total. The van der Waals surface area contributed by atoms with Crippen LogP contribution in [0.4, 0.5) is 5.69 Å². The molecule has 0 unspecified atom stereocenters. The molecule has 2 rings (SSSR count). The smallest absolute Gasteiger partial charge is 0.261 e. The van der Waals surface area contributed by atoms with Crippen LogP contribution in [0.25, 0.3) is 0 Å². The van der Waals surface area contributed by atoms with E-state index in [0.717, 1.165) is 22.3 Å². The van der Waals surface area contributed by atoms with Gasteiger partial charge in [0, 0.05) is 16.2 Å². The fourth-order valence-corrected chi connectivity index (χ4v) is 2.75. The molecule has 0 aromatic heterocycles. The summed E-state index contributed by atoms with van der Waals surface area (Å²) in [6.45, 7) is 5.03. The normalized spacial score (nSPS) is 10.1. The third kappa shape index (κ3) is 6.00. The predicted molar refractivity (Wildman–Crippen MR) is 111 cm³/mol. The number of ether oxygens (including phenoxy) is 2. The van der Waals surface area contributed by atoms with Gasteiger partial charge in [-0.1, -0.05) is 28.9 Å². The van der Waals surface area contributed by atoms with Gasteiger partial charge >= 0.3 is 0 Å². The van der Waals surface area contributed by atoms with E-state index in [1.807, 2.05) is 44.2 Å².